The number of halogens is 1. The van der Waals surface area contributed by atoms with Gasteiger partial charge in [0.15, 0.2) is 0 Å². The first-order chi connectivity index (χ1) is 10.6. The maximum absolute atomic E-state index is 13.8. The third-order valence-corrected chi connectivity index (χ3v) is 2.80. The maximum Gasteiger partial charge on any atom is 0.412 e. The molecule has 23 heavy (non-hydrogen) atoms. The van der Waals surface area contributed by atoms with Gasteiger partial charge in [0, 0.05) is 18.2 Å². The van der Waals surface area contributed by atoms with E-state index in [1.807, 2.05) is 0 Å². The number of ether oxygens (including phenoxy) is 1. The Balaban J connectivity index is 2.71. The summed E-state index contributed by atoms with van der Waals surface area (Å²) in [6, 6.07) is 3.86. The third kappa shape index (κ3) is 7.49. The molecule has 0 aliphatic carbocycles. The molecule has 3 N–H and O–H groups in total. The Kier molecular flexibility index (Phi) is 6.36. The molecule has 0 saturated heterocycles. The minimum absolute atomic E-state index is 0.00830. The number of hydrogen-bond donors (Lipinski definition) is 3. The van der Waals surface area contributed by atoms with E-state index in [9.17, 15) is 14.0 Å². The van der Waals surface area contributed by atoms with Gasteiger partial charge in [-0.2, -0.15) is 0 Å². The van der Waals surface area contributed by atoms with Crippen LogP contribution in [0.4, 0.5) is 20.6 Å². The highest BCUT2D eigenvalue weighted by Crippen LogP contribution is 2.22. The van der Waals surface area contributed by atoms with E-state index in [0.29, 0.717) is 12.1 Å². The van der Waals surface area contributed by atoms with Gasteiger partial charge in [0.05, 0.1) is 5.69 Å². The van der Waals surface area contributed by atoms with Crippen molar-refractivity contribution < 1.29 is 23.8 Å². The van der Waals surface area contributed by atoms with Crippen molar-refractivity contribution >= 4 is 23.4 Å². The van der Waals surface area contributed by atoms with Crippen LogP contribution in [-0.2, 0) is 9.53 Å². The van der Waals surface area contributed by atoms with Gasteiger partial charge < -0.3 is 15.2 Å². The van der Waals surface area contributed by atoms with Gasteiger partial charge in [-0.25, -0.2) is 9.18 Å². The number of carboxylic acids is 1. The van der Waals surface area contributed by atoms with E-state index in [0.717, 1.165) is 0 Å². The van der Waals surface area contributed by atoms with Crippen molar-refractivity contribution in [3.63, 3.8) is 0 Å². The summed E-state index contributed by atoms with van der Waals surface area (Å²) in [5.41, 5.74) is -0.0543. The third-order valence-electron chi connectivity index (χ3n) is 2.80. The van der Waals surface area contributed by atoms with Gasteiger partial charge in [0.1, 0.15) is 11.4 Å². The van der Waals surface area contributed by atoms with Crippen LogP contribution >= 0.6 is 0 Å². The average Bonchev–Trinajstić information content (AvgIpc) is 2.38. The molecule has 0 spiro atoms. The minimum Gasteiger partial charge on any atom is -0.481 e. The predicted molar refractivity (Wildman–Crippen MR) is 86.2 cm³/mol. The molecule has 0 aromatic heterocycles. The van der Waals surface area contributed by atoms with Crippen LogP contribution in [0.2, 0.25) is 0 Å². The van der Waals surface area contributed by atoms with Crippen LogP contribution < -0.4 is 10.6 Å². The van der Waals surface area contributed by atoms with E-state index >= 15 is 0 Å². The Morgan fingerprint density at radius 1 is 1.35 bits per heavy atom. The predicted octanol–water partition coefficient (Wildman–Crippen LogP) is 3.84. The molecule has 6 nitrogen and oxygen atoms in total. The summed E-state index contributed by atoms with van der Waals surface area (Å²) >= 11 is 0. The highest BCUT2D eigenvalue weighted by Gasteiger charge is 2.17. The second-order valence-electron chi connectivity index (χ2n) is 6.30. The summed E-state index contributed by atoms with van der Waals surface area (Å²) in [5.74, 6) is -1.39. The van der Waals surface area contributed by atoms with Gasteiger partial charge in [-0.05, 0) is 52.3 Å². The summed E-state index contributed by atoms with van der Waals surface area (Å²) < 4.78 is 18.9. The molecule has 7 heteroatoms. The Morgan fingerprint density at radius 3 is 2.57 bits per heavy atom. The zero-order valence-electron chi connectivity index (χ0n) is 13.8. The monoisotopic (exact) mass is 326 g/mol. The van der Waals surface area contributed by atoms with E-state index in [-0.39, 0.29) is 18.2 Å². The Hall–Kier alpha value is -2.31. The second-order valence-corrected chi connectivity index (χ2v) is 6.30. The largest absolute Gasteiger partial charge is 0.481 e. The van der Waals surface area contributed by atoms with Crippen LogP contribution in [0.25, 0.3) is 0 Å². The van der Waals surface area contributed by atoms with Gasteiger partial charge in [-0.3, -0.25) is 10.1 Å². The first-order valence-electron chi connectivity index (χ1n) is 7.34. The number of rotatable bonds is 6. The van der Waals surface area contributed by atoms with Gasteiger partial charge in [0.25, 0.3) is 0 Å². The molecule has 0 aliphatic rings. The zero-order chi connectivity index (χ0) is 17.6. The number of nitrogens with one attached hydrogen (secondary N) is 2. The van der Waals surface area contributed by atoms with Gasteiger partial charge in [0.2, 0.25) is 0 Å². The fraction of sp³-hybridized carbons (Fsp3) is 0.500. The number of carbonyl (C=O) groups is 2. The lowest BCUT2D eigenvalue weighted by molar-refractivity contribution is -0.137. The highest BCUT2D eigenvalue weighted by molar-refractivity contribution is 5.85. The van der Waals surface area contributed by atoms with Crippen LogP contribution in [0.5, 0.6) is 0 Å². The molecule has 0 fully saturated rings. The smallest absolute Gasteiger partial charge is 0.412 e. The SMILES string of the molecule is CC(CCC(=O)O)Nc1cc(NC(=O)OC(C)(C)C)ccc1F. The molecule has 128 valence electrons. The summed E-state index contributed by atoms with van der Waals surface area (Å²) in [6.45, 7) is 6.99. The van der Waals surface area contributed by atoms with Crippen LogP contribution in [0.3, 0.4) is 0 Å². The number of anilines is 2. The zero-order valence-corrected chi connectivity index (χ0v) is 13.8. The summed E-state index contributed by atoms with van der Waals surface area (Å²) in [6.07, 6.45) is -0.279. The van der Waals surface area contributed by atoms with Crippen molar-refractivity contribution in [1.29, 1.82) is 0 Å². The molecule has 0 radical (unpaired) electrons. The number of aliphatic carboxylic acids is 1. The number of carbonyl (C=O) groups excluding carboxylic acids is 1. The van der Waals surface area contributed by atoms with E-state index in [1.54, 1.807) is 27.7 Å². The van der Waals surface area contributed by atoms with E-state index in [2.05, 4.69) is 10.6 Å². The Morgan fingerprint density at radius 2 is 2.00 bits per heavy atom. The van der Waals surface area contributed by atoms with Gasteiger partial charge in [-0.1, -0.05) is 0 Å². The van der Waals surface area contributed by atoms with Crippen molar-refractivity contribution in [3.8, 4) is 0 Å². The van der Waals surface area contributed by atoms with Gasteiger partial charge in [-0.15, -0.1) is 0 Å². The molecule has 1 aromatic carbocycles. The topological polar surface area (TPSA) is 87.7 Å². The van der Waals surface area contributed by atoms with E-state index in [1.165, 1.54) is 18.2 Å². The van der Waals surface area contributed by atoms with Crippen molar-refractivity contribution in [2.75, 3.05) is 10.6 Å². The lowest BCUT2D eigenvalue weighted by atomic mass is 10.1. The molecule has 0 aliphatic heterocycles. The molecule has 1 atom stereocenters. The van der Waals surface area contributed by atoms with E-state index in [4.69, 9.17) is 9.84 Å². The van der Waals surface area contributed by atoms with Crippen LogP contribution in [0, 0.1) is 5.82 Å². The number of amides is 1. The van der Waals surface area contributed by atoms with Crippen molar-refractivity contribution in [1.82, 2.24) is 0 Å². The van der Waals surface area contributed by atoms with Crippen molar-refractivity contribution in [2.45, 2.75) is 52.2 Å². The van der Waals surface area contributed by atoms with Crippen molar-refractivity contribution in [2.24, 2.45) is 0 Å². The minimum atomic E-state index is -0.903. The summed E-state index contributed by atoms with van der Waals surface area (Å²) in [5, 5.41) is 14.1. The van der Waals surface area contributed by atoms with Crippen LogP contribution in [0.1, 0.15) is 40.5 Å². The number of benzene rings is 1. The average molecular weight is 326 g/mol. The molecular formula is C16H23FN2O4. The molecule has 0 saturated carbocycles. The molecular weight excluding hydrogens is 303 g/mol. The van der Waals surface area contributed by atoms with Crippen LogP contribution in [0.15, 0.2) is 18.2 Å². The highest BCUT2D eigenvalue weighted by atomic mass is 19.1. The van der Waals surface area contributed by atoms with E-state index < -0.39 is 23.5 Å². The quantitative estimate of drug-likeness (QED) is 0.739. The first-order valence-corrected chi connectivity index (χ1v) is 7.34. The fourth-order valence-corrected chi connectivity index (χ4v) is 1.81. The maximum atomic E-state index is 13.8. The second kappa shape index (κ2) is 7.80. The molecule has 1 unspecified atom stereocenters. The normalized spacial score (nSPS) is 12.4. The first kappa shape index (κ1) is 18.7. The van der Waals surface area contributed by atoms with Gasteiger partial charge >= 0.3 is 12.1 Å². The Labute approximate surface area is 135 Å². The summed E-state index contributed by atoms with van der Waals surface area (Å²) in [7, 11) is 0. The molecule has 1 aromatic rings. The van der Waals surface area contributed by atoms with Crippen LogP contribution in [-0.4, -0.2) is 28.8 Å². The molecule has 1 amide bonds. The Bertz CT molecular complexity index is 570. The lowest BCUT2D eigenvalue weighted by Crippen LogP contribution is -2.27. The molecule has 0 heterocycles. The van der Waals surface area contributed by atoms with Crippen molar-refractivity contribution in [3.05, 3.63) is 24.0 Å². The lowest BCUT2D eigenvalue weighted by Gasteiger charge is -2.20. The summed E-state index contributed by atoms with van der Waals surface area (Å²) in [4.78, 5) is 22.3. The fourth-order valence-electron chi connectivity index (χ4n) is 1.81. The molecule has 1 rings (SSSR count). The number of carboxylic acid groups (broad SMARTS) is 1. The molecule has 0 bridgehead atoms. The number of hydrogen-bond acceptors (Lipinski definition) is 4. The standard InChI is InChI=1S/C16H23FN2O4/c1-10(5-8-14(20)21)18-13-9-11(6-7-12(13)17)19-15(22)23-16(2,3)4/h6-7,9-10,18H,5,8H2,1-4H3,(H,19,22)(H,20,21).